The van der Waals surface area contributed by atoms with Crippen LogP contribution >= 0.6 is 0 Å². The first-order valence-electron chi connectivity index (χ1n) is 7.18. The lowest BCUT2D eigenvalue weighted by Crippen LogP contribution is -2.31. The Morgan fingerprint density at radius 1 is 0.952 bits per heavy atom. The molecule has 0 unspecified atom stereocenters. The summed E-state index contributed by atoms with van der Waals surface area (Å²) in [7, 11) is -1.43. The Balaban J connectivity index is 2.17. The molecule has 0 heterocycles. The summed E-state index contributed by atoms with van der Waals surface area (Å²) in [4.78, 5) is 0. The molecule has 0 aliphatic carbocycles. The second-order valence-corrected chi connectivity index (χ2v) is 5.14. The zero-order valence-corrected chi connectivity index (χ0v) is 12.4. The van der Waals surface area contributed by atoms with E-state index in [4.69, 9.17) is 0 Å². The minimum Gasteiger partial charge on any atom is -0.423 e. The Bertz CT molecular complexity index is 664. The van der Waals surface area contributed by atoms with E-state index in [0.717, 1.165) is 29.5 Å². The summed E-state index contributed by atoms with van der Waals surface area (Å²) < 4.78 is 0. The van der Waals surface area contributed by atoms with Gasteiger partial charge in [-0.1, -0.05) is 48.9 Å². The van der Waals surface area contributed by atoms with Crippen LogP contribution in [0.2, 0.25) is 0 Å². The van der Waals surface area contributed by atoms with E-state index >= 15 is 0 Å². The minimum atomic E-state index is -1.43. The molecule has 2 nitrogen and oxygen atoms in total. The van der Waals surface area contributed by atoms with Crippen LogP contribution in [0.3, 0.4) is 0 Å². The fraction of sp³-hybridized carbons (Fsp3) is 0.222. The molecule has 0 spiro atoms. The molecule has 0 aliphatic rings. The van der Waals surface area contributed by atoms with Crippen molar-refractivity contribution in [1.82, 2.24) is 0 Å². The van der Waals surface area contributed by atoms with Crippen molar-refractivity contribution in [2.45, 2.75) is 26.7 Å². The quantitative estimate of drug-likeness (QED) is 0.666. The Kier molecular flexibility index (Phi) is 5.22. The predicted octanol–water partition coefficient (Wildman–Crippen LogP) is 2.03. The summed E-state index contributed by atoms with van der Waals surface area (Å²) in [6, 6.07) is 13.7. The molecule has 0 amide bonds. The van der Waals surface area contributed by atoms with Gasteiger partial charge in [-0.2, -0.15) is 0 Å². The van der Waals surface area contributed by atoms with Gasteiger partial charge in [0.25, 0.3) is 0 Å². The highest BCUT2D eigenvalue weighted by molar-refractivity contribution is 6.59. The maximum atomic E-state index is 9.19. The number of benzene rings is 2. The zero-order chi connectivity index (χ0) is 15.2. The van der Waals surface area contributed by atoms with Crippen molar-refractivity contribution in [3.8, 4) is 11.8 Å². The largest absolute Gasteiger partial charge is 0.488 e. The second-order valence-electron chi connectivity index (χ2n) is 5.14. The van der Waals surface area contributed by atoms with Gasteiger partial charge in [-0.25, -0.2) is 0 Å². The van der Waals surface area contributed by atoms with Gasteiger partial charge in [0.1, 0.15) is 0 Å². The van der Waals surface area contributed by atoms with E-state index < -0.39 is 7.12 Å². The highest BCUT2D eigenvalue weighted by Gasteiger charge is 2.13. The first kappa shape index (κ1) is 15.4. The molecule has 3 heteroatoms. The van der Waals surface area contributed by atoms with Gasteiger partial charge in [-0.15, -0.1) is 0 Å². The molecule has 0 saturated heterocycles. The lowest BCUT2D eigenvalue weighted by Gasteiger charge is -2.04. The maximum Gasteiger partial charge on any atom is 0.488 e. The minimum absolute atomic E-state index is 0.518. The van der Waals surface area contributed by atoms with Crippen molar-refractivity contribution in [3.63, 3.8) is 0 Å². The molecule has 0 fully saturated rings. The van der Waals surface area contributed by atoms with Crippen LogP contribution in [-0.4, -0.2) is 17.2 Å². The summed E-state index contributed by atoms with van der Waals surface area (Å²) >= 11 is 0. The van der Waals surface area contributed by atoms with Gasteiger partial charge in [-0.05, 0) is 48.6 Å². The molecule has 0 aromatic heterocycles. The van der Waals surface area contributed by atoms with Crippen molar-refractivity contribution >= 4 is 12.6 Å². The van der Waals surface area contributed by atoms with E-state index in [1.807, 2.05) is 25.1 Å². The summed E-state index contributed by atoms with van der Waals surface area (Å²) in [5, 5.41) is 18.4. The van der Waals surface area contributed by atoms with Crippen LogP contribution in [0.25, 0.3) is 0 Å². The predicted molar refractivity (Wildman–Crippen MR) is 87.4 cm³/mol. The van der Waals surface area contributed by atoms with Crippen molar-refractivity contribution in [2.75, 3.05) is 0 Å². The van der Waals surface area contributed by atoms with Gasteiger partial charge < -0.3 is 10.0 Å². The van der Waals surface area contributed by atoms with Gasteiger partial charge in [-0.3, -0.25) is 0 Å². The van der Waals surface area contributed by atoms with Crippen molar-refractivity contribution in [1.29, 1.82) is 0 Å². The number of aryl methyl sites for hydroxylation is 2. The fourth-order valence-corrected chi connectivity index (χ4v) is 2.23. The lowest BCUT2D eigenvalue weighted by molar-refractivity contribution is 0.425. The monoisotopic (exact) mass is 278 g/mol. The van der Waals surface area contributed by atoms with Gasteiger partial charge in [0, 0.05) is 11.1 Å². The number of hydrogen-bond donors (Lipinski definition) is 2. The molecule has 2 N–H and O–H groups in total. The molecule has 2 rings (SSSR count). The zero-order valence-electron chi connectivity index (χ0n) is 12.4. The topological polar surface area (TPSA) is 40.5 Å². The Labute approximate surface area is 126 Å². The van der Waals surface area contributed by atoms with E-state index in [0.29, 0.717) is 5.46 Å². The van der Waals surface area contributed by atoms with Gasteiger partial charge in [0.2, 0.25) is 0 Å². The van der Waals surface area contributed by atoms with E-state index in [1.54, 1.807) is 12.1 Å². The third-order valence-electron chi connectivity index (χ3n) is 3.39. The molecule has 0 saturated carbocycles. The fourth-order valence-electron chi connectivity index (χ4n) is 2.23. The van der Waals surface area contributed by atoms with Gasteiger partial charge in [0.15, 0.2) is 0 Å². The first-order valence-corrected chi connectivity index (χ1v) is 7.18. The molecule has 2 aromatic rings. The highest BCUT2D eigenvalue weighted by Crippen LogP contribution is 2.06. The standard InChI is InChI=1S/C18H19BO2/c1-3-4-15-5-7-16(8-6-15)9-10-17-11-12-18(19(20)21)14(2)13-17/h5-8,11-13,20-21H,3-4H2,1-2H3. The molecule has 0 radical (unpaired) electrons. The molecule has 106 valence electrons. The summed E-state index contributed by atoms with van der Waals surface area (Å²) in [5.41, 5.74) is 4.54. The summed E-state index contributed by atoms with van der Waals surface area (Å²) in [6.07, 6.45) is 2.24. The number of rotatable bonds is 3. The lowest BCUT2D eigenvalue weighted by atomic mass is 9.77. The van der Waals surface area contributed by atoms with Crippen LogP contribution in [0.4, 0.5) is 0 Å². The molecular formula is C18H19BO2. The van der Waals surface area contributed by atoms with Crippen LogP contribution in [0.5, 0.6) is 0 Å². The van der Waals surface area contributed by atoms with E-state index in [2.05, 4.69) is 30.9 Å². The van der Waals surface area contributed by atoms with Crippen molar-refractivity contribution in [3.05, 3.63) is 64.7 Å². The molecule has 2 aromatic carbocycles. The van der Waals surface area contributed by atoms with Gasteiger partial charge >= 0.3 is 7.12 Å². The smallest absolute Gasteiger partial charge is 0.423 e. The normalized spacial score (nSPS) is 9.90. The number of hydrogen-bond acceptors (Lipinski definition) is 2. The first-order chi connectivity index (χ1) is 10.1. The third kappa shape index (κ3) is 4.22. The molecule has 0 bridgehead atoms. The second kappa shape index (κ2) is 7.13. The van der Waals surface area contributed by atoms with E-state index in [9.17, 15) is 10.0 Å². The summed E-state index contributed by atoms with van der Waals surface area (Å²) in [5.74, 6) is 6.24. The molecule has 21 heavy (non-hydrogen) atoms. The Morgan fingerprint density at radius 2 is 1.57 bits per heavy atom. The van der Waals surface area contributed by atoms with Crippen molar-refractivity contribution in [2.24, 2.45) is 0 Å². The van der Waals surface area contributed by atoms with Crippen molar-refractivity contribution < 1.29 is 10.0 Å². The average Bonchev–Trinajstić information content (AvgIpc) is 2.46. The van der Waals surface area contributed by atoms with Crippen LogP contribution < -0.4 is 5.46 Å². The van der Waals surface area contributed by atoms with Crippen LogP contribution in [0, 0.1) is 18.8 Å². The molecular weight excluding hydrogens is 259 g/mol. The average molecular weight is 278 g/mol. The van der Waals surface area contributed by atoms with Crippen LogP contribution in [0.15, 0.2) is 42.5 Å². The Morgan fingerprint density at radius 3 is 2.14 bits per heavy atom. The van der Waals surface area contributed by atoms with E-state index in [-0.39, 0.29) is 0 Å². The summed E-state index contributed by atoms with van der Waals surface area (Å²) in [6.45, 7) is 4.02. The SMILES string of the molecule is CCCc1ccc(C#Cc2ccc(B(O)O)c(C)c2)cc1. The van der Waals surface area contributed by atoms with Crippen LogP contribution in [0.1, 0.15) is 35.6 Å². The molecule has 0 atom stereocenters. The van der Waals surface area contributed by atoms with Crippen LogP contribution in [-0.2, 0) is 6.42 Å². The maximum absolute atomic E-state index is 9.19. The van der Waals surface area contributed by atoms with E-state index in [1.165, 1.54) is 5.56 Å². The highest BCUT2D eigenvalue weighted by atomic mass is 16.4. The van der Waals surface area contributed by atoms with Gasteiger partial charge in [0.05, 0.1) is 0 Å². The third-order valence-corrected chi connectivity index (χ3v) is 3.39. The Hall–Kier alpha value is -2.02. The molecule has 0 aliphatic heterocycles.